The Kier molecular flexibility index (Phi) is 6.50. The van der Waals surface area contributed by atoms with E-state index < -0.39 is 32.7 Å². The summed E-state index contributed by atoms with van der Waals surface area (Å²) in [5.41, 5.74) is -0.271. The molecule has 6 rings (SSSR count). The van der Waals surface area contributed by atoms with Crippen molar-refractivity contribution in [3.05, 3.63) is 19.8 Å². The van der Waals surface area contributed by atoms with E-state index in [4.69, 9.17) is 14.2 Å². The third kappa shape index (κ3) is 3.87. The van der Waals surface area contributed by atoms with Gasteiger partial charge < -0.3 is 18.8 Å². The number of rotatable bonds is 3. The van der Waals surface area contributed by atoms with Gasteiger partial charge in [-0.2, -0.15) is 8.78 Å². The van der Waals surface area contributed by atoms with Gasteiger partial charge >= 0.3 is 11.2 Å². The van der Waals surface area contributed by atoms with Crippen LogP contribution in [0.1, 0.15) is 37.7 Å². The maximum Gasteiger partial charge on any atom is 0.428 e. The minimum Gasteiger partial charge on any atom is -0.743 e. The van der Waals surface area contributed by atoms with Crippen molar-refractivity contribution in [3.63, 3.8) is 0 Å². The Bertz CT molecular complexity index is 1160. The summed E-state index contributed by atoms with van der Waals surface area (Å²) in [4.78, 5) is 12.1. The summed E-state index contributed by atoms with van der Waals surface area (Å²) < 4.78 is 82.9. The van der Waals surface area contributed by atoms with Crippen LogP contribution >= 0.6 is 90.4 Å². The van der Waals surface area contributed by atoms with Gasteiger partial charge in [-0.25, -0.2) is 13.2 Å². The van der Waals surface area contributed by atoms with Crippen molar-refractivity contribution in [2.75, 3.05) is 0 Å². The summed E-state index contributed by atoms with van der Waals surface area (Å²) in [5.74, 6) is -2.79. The first-order chi connectivity index (χ1) is 15.2. The number of esters is 1. The monoisotopic (exact) mass is 933 g/mol. The van der Waals surface area contributed by atoms with Crippen LogP contribution in [0.25, 0.3) is 0 Å². The van der Waals surface area contributed by atoms with Crippen LogP contribution in [0, 0.1) is 32.0 Å². The standard InChI is InChI=1S/C19H16F2I4O7S/c20-19(21,33(27,28)29)16(26)32-17-3-7-1-8(4-17)18(9(2-7)5-17)30-6-10-11(22)12(23)13(24)14(25)15(10)31-18/h7-9H,1-6H2,(H,27,28,29)/p-1. The molecule has 4 bridgehead atoms. The molecule has 1 spiro atoms. The first-order valence-corrected chi connectivity index (χ1v) is 15.7. The van der Waals surface area contributed by atoms with Crippen LogP contribution in [0.15, 0.2) is 0 Å². The van der Waals surface area contributed by atoms with Gasteiger partial charge in [0, 0.05) is 28.1 Å². The molecule has 0 aromatic heterocycles. The molecule has 4 fully saturated rings. The quantitative estimate of drug-likeness (QED) is 0.139. The minimum atomic E-state index is -6.17. The van der Waals surface area contributed by atoms with Gasteiger partial charge in [-0.3, -0.25) is 0 Å². The molecular formula is C19H15F2I4O7S-. The van der Waals surface area contributed by atoms with Gasteiger partial charge in [-0.1, -0.05) is 0 Å². The predicted octanol–water partition coefficient (Wildman–Crippen LogP) is 4.97. The number of benzene rings is 1. The number of hydrogen-bond donors (Lipinski definition) is 0. The zero-order chi connectivity index (χ0) is 24.1. The lowest BCUT2D eigenvalue weighted by Gasteiger charge is -2.63. The van der Waals surface area contributed by atoms with E-state index in [1.807, 2.05) is 0 Å². The normalized spacial score (nSPS) is 34.8. The minimum absolute atomic E-state index is 0.114. The van der Waals surface area contributed by atoms with Crippen LogP contribution in [0.5, 0.6) is 5.75 Å². The van der Waals surface area contributed by atoms with E-state index in [0.29, 0.717) is 13.0 Å². The number of carbonyl (C=O) groups excluding carboxylic acids is 1. The van der Waals surface area contributed by atoms with Crippen LogP contribution in [-0.4, -0.2) is 35.6 Å². The number of carbonyl (C=O) groups is 1. The van der Waals surface area contributed by atoms with Gasteiger partial charge in [-0.05, 0) is 128 Å². The van der Waals surface area contributed by atoms with Crippen molar-refractivity contribution < 1.29 is 40.8 Å². The van der Waals surface area contributed by atoms with E-state index in [2.05, 4.69) is 90.4 Å². The first-order valence-electron chi connectivity index (χ1n) is 9.95. The van der Waals surface area contributed by atoms with Gasteiger partial charge in [0.2, 0.25) is 5.79 Å². The molecule has 1 heterocycles. The summed E-state index contributed by atoms with van der Waals surface area (Å²) in [6.07, 6.45) is 2.25. The molecule has 1 aromatic carbocycles. The summed E-state index contributed by atoms with van der Waals surface area (Å²) in [7, 11) is -6.17. The largest absolute Gasteiger partial charge is 0.743 e. The van der Waals surface area contributed by atoms with Gasteiger partial charge in [-0.15, -0.1) is 0 Å². The Balaban J connectivity index is 1.47. The molecule has 14 heteroatoms. The average molecular weight is 933 g/mol. The third-order valence-corrected chi connectivity index (χ3v) is 15.4. The number of alkyl halides is 2. The Morgan fingerprint density at radius 3 is 2.18 bits per heavy atom. The van der Waals surface area contributed by atoms with E-state index in [0.717, 1.165) is 38.4 Å². The lowest BCUT2D eigenvalue weighted by molar-refractivity contribution is -0.338. The third-order valence-electron chi connectivity index (χ3n) is 7.15. The fourth-order valence-corrected chi connectivity index (χ4v) is 9.77. The predicted molar refractivity (Wildman–Crippen MR) is 142 cm³/mol. The van der Waals surface area contributed by atoms with Gasteiger partial charge in [0.15, 0.2) is 10.1 Å². The van der Waals surface area contributed by atoms with Crippen molar-refractivity contribution in [1.82, 2.24) is 0 Å². The molecule has 1 aliphatic heterocycles. The highest BCUT2D eigenvalue weighted by molar-refractivity contribution is 14.1. The Hall–Kier alpha value is 1.14. The molecule has 2 unspecified atom stereocenters. The summed E-state index contributed by atoms with van der Waals surface area (Å²) in [6.45, 7) is 0.355. The molecule has 182 valence electrons. The van der Waals surface area contributed by atoms with Gasteiger partial charge in [0.05, 0.1) is 10.2 Å². The molecule has 5 aliphatic rings. The Morgan fingerprint density at radius 1 is 1.03 bits per heavy atom. The van der Waals surface area contributed by atoms with E-state index in [1.54, 1.807) is 0 Å². The molecule has 4 aliphatic carbocycles. The van der Waals surface area contributed by atoms with Crippen molar-refractivity contribution in [2.45, 2.75) is 55.4 Å². The van der Waals surface area contributed by atoms with Crippen LogP contribution in [0.3, 0.4) is 0 Å². The van der Waals surface area contributed by atoms with E-state index in [-0.39, 0.29) is 30.6 Å². The maximum atomic E-state index is 13.8. The van der Waals surface area contributed by atoms with E-state index >= 15 is 0 Å². The lowest BCUT2D eigenvalue weighted by Crippen LogP contribution is -2.68. The second kappa shape index (κ2) is 8.32. The number of halogens is 6. The summed E-state index contributed by atoms with van der Waals surface area (Å²) in [6, 6.07) is 0. The molecule has 4 saturated carbocycles. The first kappa shape index (κ1) is 25.8. The van der Waals surface area contributed by atoms with Crippen molar-refractivity contribution in [3.8, 4) is 5.75 Å². The zero-order valence-corrected chi connectivity index (χ0v) is 26.0. The average Bonchev–Trinajstić information content (AvgIpc) is 2.73. The van der Waals surface area contributed by atoms with Gasteiger partial charge in [0.1, 0.15) is 11.4 Å². The fourth-order valence-electron chi connectivity index (χ4n) is 6.01. The smallest absolute Gasteiger partial charge is 0.428 e. The SMILES string of the molecule is O=C(OC12CC3CC(C1)C1(OCc4c(I)c(I)c(I)c(I)c4O1)C(C3)C2)C(F)(F)S(=O)(=O)[O-]. The molecule has 2 atom stereocenters. The Labute approximate surface area is 243 Å². The van der Waals surface area contributed by atoms with Crippen LogP contribution in [-0.2, 0) is 31.0 Å². The number of hydrogen-bond acceptors (Lipinski definition) is 7. The highest BCUT2D eigenvalue weighted by atomic mass is 127. The van der Waals surface area contributed by atoms with Crippen molar-refractivity contribution >= 4 is 106 Å². The zero-order valence-electron chi connectivity index (χ0n) is 16.5. The van der Waals surface area contributed by atoms with Crippen LogP contribution < -0.4 is 4.74 Å². The van der Waals surface area contributed by atoms with E-state index in [9.17, 15) is 26.5 Å². The molecule has 0 radical (unpaired) electrons. The highest BCUT2D eigenvalue weighted by Crippen LogP contribution is 2.64. The van der Waals surface area contributed by atoms with Crippen molar-refractivity contribution in [1.29, 1.82) is 0 Å². The second-order valence-corrected chi connectivity index (χ2v) is 14.8. The van der Waals surface area contributed by atoms with Crippen molar-refractivity contribution in [2.24, 2.45) is 17.8 Å². The molecule has 7 nitrogen and oxygen atoms in total. The molecular weight excluding hydrogens is 918 g/mol. The molecule has 0 amide bonds. The summed E-state index contributed by atoms with van der Waals surface area (Å²) in [5, 5.41) is -5.12. The van der Waals surface area contributed by atoms with Crippen LogP contribution in [0.2, 0.25) is 0 Å². The second-order valence-electron chi connectivity index (χ2n) is 9.06. The Morgan fingerprint density at radius 2 is 1.61 bits per heavy atom. The lowest BCUT2D eigenvalue weighted by atomic mass is 9.51. The molecule has 1 aromatic rings. The number of fused-ring (bicyclic) bond motifs is 1. The van der Waals surface area contributed by atoms with E-state index in [1.165, 1.54) is 0 Å². The molecule has 0 N–H and O–H groups in total. The molecule has 0 saturated heterocycles. The maximum absolute atomic E-state index is 13.8. The summed E-state index contributed by atoms with van der Waals surface area (Å²) >= 11 is 9.14. The highest BCUT2D eigenvalue weighted by Gasteiger charge is 2.68. The number of ether oxygens (including phenoxy) is 3. The topological polar surface area (TPSA) is 102 Å². The van der Waals surface area contributed by atoms with Crippen LogP contribution in [0.4, 0.5) is 8.78 Å². The van der Waals surface area contributed by atoms with Gasteiger partial charge in [0.25, 0.3) is 0 Å². The fraction of sp³-hybridized carbons (Fsp3) is 0.632. The molecule has 33 heavy (non-hydrogen) atoms.